The van der Waals surface area contributed by atoms with Gasteiger partial charge in [-0.3, -0.25) is 0 Å². The largest absolute Gasteiger partial charge is 0.443 e. The van der Waals surface area contributed by atoms with Crippen molar-refractivity contribution in [3.63, 3.8) is 0 Å². The zero-order valence-corrected chi connectivity index (χ0v) is 17.0. The third-order valence-electron chi connectivity index (χ3n) is 4.57. The number of halogens is 2. The van der Waals surface area contributed by atoms with E-state index < -0.39 is 6.17 Å². The highest BCUT2D eigenvalue weighted by molar-refractivity contribution is 7.09. The molecule has 4 rings (SSSR count). The second kappa shape index (κ2) is 7.89. The molecule has 0 aliphatic carbocycles. The van der Waals surface area contributed by atoms with Crippen molar-refractivity contribution in [1.29, 1.82) is 0 Å². The molecule has 0 saturated heterocycles. The molecule has 0 amide bonds. The number of aromatic nitrogens is 4. The van der Waals surface area contributed by atoms with Gasteiger partial charge < -0.3 is 9.73 Å². The van der Waals surface area contributed by atoms with Gasteiger partial charge in [-0.25, -0.2) is 13.9 Å². The summed E-state index contributed by atoms with van der Waals surface area (Å²) in [4.78, 5) is 9.85. The lowest BCUT2D eigenvalue weighted by Gasteiger charge is -2.08. The van der Waals surface area contributed by atoms with Crippen LogP contribution in [0.15, 0.2) is 34.4 Å². The molecule has 1 unspecified atom stereocenters. The number of hydrogen-bond acceptors (Lipinski definition) is 6. The number of rotatable bonds is 7. The van der Waals surface area contributed by atoms with Crippen molar-refractivity contribution in [3.05, 3.63) is 51.3 Å². The van der Waals surface area contributed by atoms with E-state index in [0.717, 1.165) is 16.6 Å². The molecule has 4 aromatic heterocycles. The molecule has 0 spiro atoms. The second-order valence-corrected chi connectivity index (χ2v) is 7.90. The number of nitrogens with one attached hydrogen (secondary N) is 1. The van der Waals surface area contributed by atoms with Crippen LogP contribution >= 0.6 is 22.9 Å². The van der Waals surface area contributed by atoms with Crippen LogP contribution in [0.1, 0.15) is 29.3 Å². The first-order valence-corrected chi connectivity index (χ1v) is 10.2. The van der Waals surface area contributed by atoms with Crippen molar-refractivity contribution in [2.45, 2.75) is 39.4 Å². The number of anilines is 1. The molecule has 0 saturated carbocycles. The third kappa shape index (κ3) is 3.62. The van der Waals surface area contributed by atoms with Gasteiger partial charge in [-0.05, 0) is 60.9 Å². The quantitative estimate of drug-likeness (QED) is 0.439. The number of nitrogens with zero attached hydrogens (tertiary/aromatic N) is 4. The summed E-state index contributed by atoms with van der Waals surface area (Å²) in [6, 6.07) is 4.05. The molecule has 0 aromatic carbocycles. The zero-order valence-electron chi connectivity index (χ0n) is 15.4. The van der Waals surface area contributed by atoms with Gasteiger partial charge in [0.15, 0.2) is 5.82 Å². The molecule has 0 aliphatic rings. The maximum absolute atomic E-state index is 13.6. The number of hydrogen-bond donors (Lipinski definition) is 1. The number of fused-ring (bicyclic) bond motifs is 1. The summed E-state index contributed by atoms with van der Waals surface area (Å²) in [7, 11) is 0. The Labute approximate surface area is 170 Å². The molecule has 4 heterocycles. The van der Waals surface area contributed by atoms with Crippen LogP contribution in [-0.2, 0) is 13.0 Å². The number of oxazole rings is 1. The fourth-order valence-electron chi connectivity index (χ4n) is 3.26. The van der Waals surface area contributed by atoms with Crippen molar-refractivity contribution in [2.75, 3.05) is 5.32 Å². The fraction of sp³-hybridized carbons (Fsp3) is 0.316. The van der Waals surface area contributed by atoms with Gasteiger partial charge in [0.05, 0.1) is 18.9 Å². The number of aryl methyl sites for hydroxylation is 1. The monoisotopic (exact) mass is 419 g/mol. The van der Waals surface area contributed by atoms with E-state index in [1.807, 2.05) is 18.4 Å². The van der Waals surface area contributed by atoms with Gasteiger partial charge in [0.25, 0.3) is 0 Å². The Bertz CT molecular complexity index is 1080. The van der Waals surface area contributed by atoms with Gasteiger partial charge in [0.1, 0.15) is 17.5 Å². The maximum Gasteiger partial charge on any atom is 0.245 e. The summed E-state index contributed by atoms with van der Waals surface area (Å²) in [6.07, 6.45) is 3.09. The Balaban J connectivity index is 1.86. The summed E-state index contributed by atoms with van der Waals surface area (Å²) in [5.74, 6) is 1.04. The van der Waals surface area contributed by atoms with Crippen LogP contribution in [0.3, 0.4) is 0 Å². The van der Waals surface area contributed by atoms with Gasteiger partial charge in [-0.2, -0.15) is 4.98 Å². The van der Waals surface area contributed by atoms with E-state index >= 15 is 0 Å². The lowest BCUT2D eigenvalue weighted by Crippen LogP contribution is -2.06. The minimum Gasteiger partial charge on any atom is -0.443 e. The fourth-order valence-corrected chi connectivity index (χ4v) is 4.07. The molecule has 0 aliphatic heterocycles. The normalized spacial score (nSPS) is 12.6. The maximum atomic E-state index is 13.6. The highest BCUT2D eigenvalue weighted by Crippen LogP contribution is 2.35. The summed E-state index contributed by atoms with van der Waals surface area (Å²) in [5, 5.41) is 9.87. The average molecular weight is 420 g/mol. The predicted octanol–water partition coefficient (Wildman–Crippen LogP) is 5.31. The van der Waals surface area contributed by atoms with Gasteiger partial charge in [-0.1, -0.05) is 6.07 Å². The Morgan fingerprint density at radius 2 is 2.29 bits per heavy atom. The first-order chi connectivity index (χ1) is 13.5. The van der Waals surface area contributed by atoms with Gasteiger partial charge >= 0.3 is 0 Å². The molecular formula is C19H19ClFN5OS. The Kier molecular flexibility index (Phi) is 5.32. The molecule has 1 atom stereocenters. The van der Waals surface area contributed by atoms with E-state index in [1.54, 1.807) is 29.0 Å². The minimum absolute atomic E-state index is 0.106. The standard InChI is InChI=1S/C19H19ClFN5OS/c1-11(21)5-6-14-12(2)15-17(23-10-13-4-3-9-28-13)24-19(20)25-26(15)16(14)18-22-7-8-27-18/h3-4,7-9,11H,5-6,10H2,1-2H3,(H,23,24,25). The number of thiophene rings is 1. The second-order valence-electron chi connectivity index (χ2n) is 6.53. The molecule has 0 bridgehead atoms. The SMILES string of the molecule is Cc1c(CCC(C)F)c(-c2ncco2)n2nc(Cl)nc(NCc3cccs3)c12. The zero-order chi connectivity index (χ0) is 19.7. The van der Waals surface area contributed by atoms with E-state index in [-0.39, 0.29) is 5.28 Å². The smallest absolute Gasteiger partial charge is 0.245 e. The van der Waals surface area contributed by atoms with Crippen LogP contribution in [0, 0.1) is 6.92 Å². The Hall–Kier alpha value is -2.45. The van der Waals surface area contributed by atoms with Crippen LogP contribution in [-0.4, -0.2) is 25.8 Å². The Morgan fingerprint density at radius 3 is 2.96 bits per heavy atom. The van der Waals surface area contributed by atoms with E-state index in [4.69, 9.17) is 16.0 Å². The summed E-state index contributed by atoms with van der Waals surface area (Å²) >= 11 is 7.88. The molecule has 28 heavy (non-hydrogen) atoms. The molecule has 0 fully saturated rings. The first kappa shape index (κ1) is 18.9. The highest BCUT2D eigenvalue weighted by atomic mass is 35.5. The van der Waals surface area contributed by atoms with Crippen molar-refractivity contribution in [2.24, 2.45) is 0 Å². The minimum atomic E-state index is -0.911. The summed E-state index contributed by atoms with van der Waals surface area (Å²) < 4.78 is 20.8. The lowest BCUT2D eigenvalue weighted by molar-refractivity contribution is 0.341. The molecule has 4 aromatic rings. The van der Waals surface area contributed by atoms with Crippen molar-refractivity contribution < 1.29 is 8.81 Å². The van der Waals surface area contributed by atoms with Crippen molar-refractivity contribution >= 4 is 34.3 Å². The lowest BCUT2D eigenvalue weighted by atomic mass is 10.0. The van der Waals surface area contributed by atoms with Gasteiger partial charge in [0, 0.05) is 4.88 Å². The van der Waals surface area contributed by atoms with Crippen molar-refractivity contribution in [3.8, 4) is 11.6 Å². The molecule has 146 valence electrons. The molecule has 6 nitrogen and oxygen atoms in total. The first-order valence-electron chi connectivity index (χ1n) is 8.92. The van der Waals surface area contributed by atoms with Crippen LogP contribution in [0.2, 0.25) is 5.28 Å². The number of alkyl halides is 1. The van der Waals surface area contributed by atoms with Crippen LogP contribution in [0.25, 0.3) is 17.1 Å². The van der Waals surface area contributed by atoms with Gasteiger partial charge in [0.2, 0.25) is 11.2 Å². The van der Waals surface area contributed by atoms with E-state index in [0.29, 0.717) is 36.8 Å². The van der Waals surface area contributed by atoms with E-state index in [1.165, 1.54) is 11.1 Å². The van der Waals surface area contributed by atoms with Crippen LogP contribution in [0.4, 0.5) is 10.2 Å². The Morgan fingerprint density at radius 1 is 1.43 bits per heavy atom. The topological polar surface area (TPSA) is 68.2 Å². The van der Waals surface area contributed by atoms with E-state index in [9.17, 15) is 4.39 Å². The third-order valence-corrected chi connectivity index (χ3v) is 5.60. The van der Waals surface area contributed by atoms with E-state index in [2.05, 4.69) is 26.4 Å². The summed E-state index contributed by atoms with van der Waals surface area (Å²) in [5.41, 5.74) is 3.36. The molecule has 0 radical (unpaired) electrons. The predicted molar refractivity (Wildman–Crippen MR) is 109 cm³/mol. The molecule has 1 N–H and O–H groups in total. The molecular weight excluding hydrogens is 401 g/mol. The molecule has 9 heteroatoms. The average Bonchev–Trinajstić information content (AvgIpc) is 3.39. The van der Waals surface area contributed by atoms with Crippen molar-refractivity contribution in [1.82, 2.24) is 19.6 Å². The highest BCUT2D eigenvalue weighted by Gasteiger charge is 2.24. The van der Waals surface area contributed by atoms with Gasteiger partial charge in [-0.15, -0.1) is 16.4 Å². The summed E-state index contributed by atoms with van der Waals surface area (Å²) in [6.45, 7) is 4.16. The van der Waals surface area contributed by atoms with Crippen LogP contribution < -0.4 is 5.32 Å². The van der Waals surface area contributed by atoms with Crippen LogP contribution in [0.5, 0.6) is 0 Å².